The third kappa shape index (κ3) is 3.92. The lowest BCUT2D eigenvalue weighted by Crippen LogP contribution is -2.63. The summed E-state index contributed by atoms with van der Waals surface area (Å²) in [5.74, 6) is -0.202. The molecule has 2 aromatic rings. The Hall–Kier alpha value is -2.90. The van der Waals surface area contributed by atoms with E-state index >= 15 is 0 Å². The number of hydrogen-bond donors (Lipinski definition) is 2. The van der Waals surface area contributed by atoms with Crippen LogP contribution < -0.4 is 0 Å². The number of allylic oxidation sites excluding steroid dienone is 4. The molecule has 1 saturated heterocycles. The quantitative estimate of drug-likeness (QED) is 0.516. The fourth-order valence-corrected chi connectivity index (χ4v) is 9.68. The first-order valence-electron chi connectivity index (χ1n) is 15.3. The summed E-state index contributed by atoms with van der Waals surface area (Å²) < 4.78 is 13.3. The van der Waals surface area contributed by atoms with Gasteiger partial charge in [0.15, 0.2) is 23.5 Å². The van der Waals surface area contributed by atoms with Crippen molar-refractivity contribution in [3.8, 4) is 0 Å². The fourth-order valence-electron chi connectivity index (χ4n) is 9.68. The van der Waals surface area contributed by atoms with Gasteiger partial charge in [-0.25, -0.2) is 0 Å². The van der Waals surface area contributed by atoms with Crippen LogP contribution in [0.1, 0.15) is 68.1 Å². The summed E-state index contributed by atoms with van der Waals surface area (Å²) in [6, 6.07) is 16.7. The molecule has 9 atom stereocenters. The number of carbonyl (C=O) groups is 2. The van der Waals surface area contributed by atoms with E-state index in [9.17, 15) is 19.8 Å². The van der Waals surface area contributed by atoms with E-state index in [1.54, 1.807) is 12.2 Å². The molecule has 42 heavy (non-hydrogen) atoms. The van der Waals surface area contributed by atoms with Crippen LogP contribution in [0.15, 0.2) is 72.3 Å². The zero-order valence-electron chi connectivity index (χ0n) is 24.6. The predicted octanol–water partition coefficient (Wildman–Crippen LogP) is 5.19. The summed E-state index contributed by atoms with van der Waals surface area (Å²) >= 11 is 0. The zero-order valence-corrected chi connectivity index (χ0v) is 24.6. The Bertz CT molecular complexity index is 1490. The van der Waals surface area contributed by atoms with Crippen molar-refractivity contribution in [1.29, 1.82) is 0 Å². The number of Topliss-reactive ketones (excluding diaryl/α,β-unsaturated/α-hetero) is 1. The minimum Gasteiger partial charge on any atom is -0.393 e. The summed E-state index contributed by atoms with van der Waals surface area (Å²) in [5.41, 5.74) is 3.16. The van der Waals surface area contributed by atoms with Crippen molar-refractivity contribution < 1.29 is 29.3 Å². The Balaban J connectivity index is 1.18. The number of benzene rings is 2. The van der Waals surface area contributed by atoms with E-state index in [0.29, 0.717) is 12.8 Å². The van der Waals surface area contributed by atoms with Gasteiger partial charge in [-0.2, -0.15) is 0 Å². The average Bonchev–Trinajstić information content (AvgIpc) is 3.46. The lowest BCUT2D eigenvalue weighted by atomic mass is 9.46. The van der Waals surface area contributed by atoms with Crippen LogP contribution in [0.5, 0.6) is 0 Å². The molecule has 7 rings (SSSR count). The molecule has 0 aromatic heterocycles. The first-order valence-corrected chi connectivity index (χ1v) is 15.3. The first kappa shape index (κ1) is 27.9. The van der Waals surface area contributed by atoms with Gasteiger partial charge in [-0.3, -0.25) is 9.59 Å². The maximum absolute atomic E-state index is 13.7. The molecule has 0 bridgehead atoms. The van der Waals surface area contributed by atoms with Crippen LogP contribution in [-0.2, 0) is 25.5 Å². The molecule has 6 nitrogen and oxygen atoms in total. The van der Waals surface area contributed by atoms with Gasteiger partial charge in [-0.1, -0.05) is 79.6 Å². The van der Waals surface area contributed by atoms with Crippen LogP contribution in [-0.4, -0.2) is 46.2 Å². The molecule has 2 aromatic carbocycles. The molecule has 4 fully saturated rings. The predicted molar refractivity (Wildman–Crippen MR) is 157 cm³/mol. The van der Waals surface area contributed by atoms with E-state index < -0.39 is 41.5 Å². The van der Waals surface area contributed by atoms with E-state index in [2.05, 4.69) is 57.2 Å². The van der Waals surface area contributed by atoms with Gasteiger partial charge in [0.1, 0.15) is 6.61 Å². The van der Waals surface area contributed by atoms with Crippen LogP contribution in [0.25, 0.3) is 0 Å². The summed E-state index contributed by atoms with van der Waals surface area (Å²) in [7, 11) is 0. The van der Waals surface area contributed by atoms with Crippen LogP contribution in [0.2, 0.25) is 0 Å². The standard InChI is InChI=1S/C36H40O6/c1-21-5-4-6-23(15-21)16-22-7-9-24(10-8-22)33-41-31-18-28-27-12-11-25-17-26(38)13-14-34(25,2)32(27)29(39)19-35(28,3)36(31,42-33)30(40)20-37/h4-10,13-15,17,27-29,31-33,37,39H,11-12,16,18-20H2,1-3H3/t27-,28?,29-,31+,32?,33+,34-,35-,36+/m0/s1. The van der Waals surface area contributed by atoms with E-state index in [-0.39, 0.29) is 29.3 Å². The molecule has 220 valence electrons. The molecular formula is C36H40O6. The zero-order chi connectivity index (χ0) is 29.4. The molecule has 3 saturated carbocycles. The largest absolute Gasteiger partial charge is 0.393 e. The smallest absolute Gasteiger partial charge is 0.193 e. The molecule has 6 heteroatoms. The number of aliphatic hydroxyl groups is 2. The Morgan fingerprint density at radius 3 is 2.62 bits per heavy atom. The lowest BCUT2D eigenvalue weighted by Gasteiger charge is -2.59. The third-order valence-corrected chi connectivity index (χ3v) is 11.5. The van der Waals surface area contributed by atoms with E-state index in [4.69, 9.17) is 9.47 Å². The van der Waals surface area contributed by atoms with Crippen molar-refractivity contribution in [2.45, 2.75) is 77.0 Å². The first-order chi connectivity index (χ1) is 20.1. The van der Waals surface area contributed by atoms with Gasteiger partial charge < -0.3 is 19.7 Å². The van der Waals surface area contributed by atoms with Crippen molar-refractivity contribution in [1.82, 2.24) is 0 Å². The van der Waals surface area contributed by atoms with Gasteiger partial charge in [0.25, 0.3) is 0 Å². The summed E-state index contributed by atoms with van der Waals surface area (Å²) in [6.07, 6.45) is 6.91. The van der Waals surface area contributed by atoms with E-state index in [1.165, 1.54) is 16.7 Å². The highest BCUT2D eigenvalue weighted by Gasteiger charge is 2.75. The fraction of sp³-hybridized carbons (Fsp3) is 0.500. The highest BCUT2D eigenvalue weighted by atomic mass is 16.7. The second-order valence-corrected chi connectivity index (χ2v) is 13.7. The van der Waals surface area contributed by atoms with Crippen molar-refractivity contribution in [3.05, 3.63) is 94.6 Å². The molecule has 2 unspecified atom stereocenters. The van der Waals surface area contributed by atoms with Gasteiger partial charge in [0.2, 0.25) is 0 Å². The Kier molecular flexibility index (Phi) is 6.52. The molecule has 0 spiro atoms. The number of rotatable bonds is 5. The molecule has 0 radical (unpaired) electrons. The van der Waals surface area contributed by atoms with Crippen LogP contribution in [0, 0.1) is 35.5 Å². The molecular weight excluding hydrogens is 528 g/mol. The van der Waals surface area contributed by atoms with Gasteiger partial charge in [-0.05, 0) is 74.1 Å². The number of ketones is 2. The maximum atomic E-state index is 13.7. The van der Waals surface area contributed by atoms with Gasteiger partial charge in [0, 0.05) is 22.3 Å². The average molecular weight is 569 g/mol. The molecule has 1 aliphatic heterocycles. The summed E-state index contributed by atoms with van der Waals surface area (Å²) in [6.45, 7) is 5.66. The number of fused-ring (bicyclic) bond motifs is 7. The molecule has 5 aliphatic rings. The molecule has 2 N–H and O–H groups in total. The van der Waals surface area contributed by atoms with Crippen molar-refractivity contribution >= 4 is 11.6 Å². The number of aryl methyl sites for hydroxylation is 1. The number of ether oxygens (including phenoxy) is 2. The third-order valence-electron chi connectivity index (χ3n) is 11.5. The maximum Gasteiger partial charge on any atom is 0.193 e. The van der Waals surface area contributed by atoms with Crippen molar-refractivity contribution in [2.75, 3.05) is 6.61 Å². The normalized spacial score (nSPS) is 40.1. The highest BCUT2D eigenvalue weighted by molar-refractivity contribution is 6.01. The van der Waals surface area contributed by atoms with Crippen molar-refractivity contribution in [2.24, 2.45) is 28.6 Å². The minimum absolute atomic E-state index is 0.00925. The van der Waals surface area contributed by atoms with E-state index in [1.807, 2.05) is 18.2 Å². The minimum atomic E-state index is -1.33. The van der Waals surface area contributed by atoms with Crippen molar-refractivity contribution in [3.63, 3.8) is 0 Å². The van der Waals surface area contributed by atoms with Gasteiger partial charge in [0.05, 0.1) is 12.2 Å². The van der Waals surface area contributed by atoms with Crippen LogP contribution >= 0.6 is 0 Å². The monoisotopic (exact) mass is 568 g/mol. The van der Waals surface area contributed by atoms with Crippen LogP contribution in [0.4, 0.5) is 0 Å². The highest BCUT2D eigenvalue weighted by Crippen LogP contribution is 2.70. The van der Waals surface area contributed by atoms with Gasteiger partial charge >= 0.3 is 0 Å². The second-order valence-electron chi connectivity index (χ2n) is 13.7. The SMILES string of the molecule is Cc1cccc(Cc2ccc([C@@H]3O[C@@H]4CC5[C@@H]6CCC7=CC(=O)C=C[C@]7(C)C6[C@@H](O)C[C@]5(C)[C@]4(C(=O)CO)O3)cc2)c1. The molecule has 4 aliphatic carbocycles. The Labute approximate surface area is 247 Å². The topological polar surface area (TPSA) is 93.1 Å². The van der Waals surface area contributed by atoms with Crippen LogP contribution in [0.3, 0.4) is 0 Å². The lowest BCUT2D eigenvalue weighted by molar-refractivity contribution is -0.201. The molecule has 1 heterocycles. The number of carbonyl (C=O) groups excluding carboxylic acids is 2. The van der Waals surface area contributed by atoms with E-state index in [0.717, 1.165) is 30.4 Å². The number of aliphatic hydroxyl groups excluding tert-OH is 2. The summed E-state index contributed by atoms with van der Waals surface area (Å²) in [5, 5.41) is 22.0. The second kappa shape index (κ2) is 9.81. The number of hydrogen-bond acceptors (Lipinski definition) is 6. The summed E-state index contributed by atoms with van der Waals surface area (Å²) in [4.78, 5) is 25.9. The van der Waals surface area contributed by atoms with Gasteiger partial charge in [-0.15, -0.1) is 0 Å². The Morgan fingerprint density at radius 2 is 1.88 bits per heavy atom. The Morgan fingerprint density at radius 1 is 1.10 bits per heavy atom. The molecule has 0 amide bonds.